The number of carbonyl (C=O) groups excluding carboxylic acids is 4. The van der Waals surface area contributed by atoms with Crippen LogP contribution in [-0.2, 0) is 30.4 Å². The maximum absolute atomic E-state index is 13.6. The maximum Gasteiger partial charge on any atom is 0.326 e. The monoisotopic (exact) mass is 644 g/mol. The summed E-state index contributed by atoms with van der Waals surface area (Å²) in [6.07, 6.45) is 4.64. The fourth-order valence-corrected chi connectivity index (χ4v) is 4.31. The van der Waals surface area contributed by atoms with Crippen molar-refractivity contribution in [3.8, 4) is 5.75 Å². The minimum Gasteiger partial charge on any atom is -0.490 e. The average Bonchev–Trinajstić information content (AvgIpc) is 3.00. The molecule has 0 bridgehead atoms. The van der Waals surface area contributed by atoms with E-state index in [1.54, 1.807) is 30.3 Å². The molecule has 0 saturated heterocycles. The standard InChI is InChI=1S/C31H48N8O7/c1-4-9-25(30(44)45)39-28(42)24(11-8-17-35-31(33)34)37-27(41)23(10-6-7-16-32)38-29(43)26(36-20(3)40)19-21-12-14-22(15-13-21)46-18-5-2/h4-5,12-15,23-26H,1-2,6-11,16-19,32H2,3H3,(H,36,40)(H,37,41)(H,38,43)(H,39,42)(H,44,45)(H4,33,34,35)/t23-,24-,25+,26+/m1/s1. The summed E-state index contributed by atoms with van der Waals surface area (Å²) >= 11 is 0. The zero-order valence-corrected chi connectivity index (χ0v) is 26.3. The van der Waals surface area contributed by atoms with E-state index >= 15 is 0 Å². The van der Waals surface area contributed by atoms with Crippen LogP contribution >= 0.6 is 0 Å². The summed E-state index contributed by atoms with van der Waals surface area (Å²) < 4.78 is 5.49. The predicted octanol–water partition coefficient (Wildman–Crippen LogP) is -0.404. The van der Waals surface area contributed by atoms with Gasteiger partial charge in [0.15, 0.2) is 5.96 Å². The van der Waals surface area contributed by atoms with E-state index in [-0.39, 0.29) is 44.6 Å². The smallest absolute Gasteiger partial charge is 0.326 e. The van der Waals surface area contributed by atoms with Crippen molar-refractivity contribution in [1.29, 1.82) is 0 Å². The summed E-state index contributed by atoms with van der Waals surface area (Å²) in [6, 6.07) is 2.43. The van der Waals surface area contributed by atoms with Crippen LogP contribution < -0.4 is 43.2 Å². The third kappa shape index (κ3) is 15.7. The Morgan fingerprint density at radius 3 is 1.91 bits per heavy atom. The highest BCUT2D eigenvalue weighted by Gasteiger charge is 2.30. The van der Waals surface area contributed by atoms with Crippen molar-refractivity contribution in [1.82, 2.24) is 21.3 Å². The molecule has 0 heterocycles. The van der Waals surface area contributed by atoms with Gasteiger partial charge in [0.05, 0.1) is 0 Å². The quantitative estimate of drug-likeness (QED) is 0.0331. The molecule has 15 heteroatoms. The first-order valence-corrected chi connectivity index (χ1v) is 15.0. The second-order valence-corrected chi connectivity index (χ2v) is 10.5. The number of benzene rings is 1. The van der Waals surface area contributed by atoms with E-state index in [1.165, 1.54) is 13.0 Å². The SMILES string of the molecule is C=CCOc1ccc(C[C@H](NC(C)=O)C(=O)N[C@H](CCCCN)C(=O)N[C@H](CCCN=C(N)N)C(=O)N[C@@H](CC=C)C(=O)O)cc1. The highest BCUT2D eigenvalue weighted by Crippen LogP contribution is 2.14. The number of nitrogens with two attached hydrogens (primary N) is 3. The number of rotatable bonds is 23. The number of hydrogen-bond acceptors (Lipinski definition) is 8. The van der Waals surface area contributed by atoms with Gasteiger partial charge in [0.25, 0.3) is 0 Å². The molecular formula is C31H48N8O7. The molecule has 0 unspecified atom stereocenters. The topological polar surface area (TPSA) is 253 Å². The maximum atomic E-state index is 13.6. The molecule has 0 aliphatic rings. The van der Waals surface area contributed by atoms with Gasteiger partial charge in [-0.25, -0.2) is 4.79 Å². The Bertz CT molecular complexity index is 1200. The van der Waals surface area contributed by atoms with Gasteiger partial charge < -0.3 is 48.3 Å². The third-order valence-electron chi connectivity index (χ3n) is 6.60. The molecule has 0 aromatic heterocycles. The largest absolute Gasteiger partial charge is 0.490 e. The third-order valence-corrected chi connectivity index (χ3v) is 6.60. The predicted molar refractivity (Wildman–Crippen MR) is 175 cm³/mol. The van der Waals surface area contributed by atoms with E-state index in [4.69, 9.17) is 21.9 Å². The number of aliphatic carboxylic acids is 1. The van der Waals surface area contributed by atoms with Crippen molar-refractivity contribution in [2.45, 2.75) is 76.0 Å². The van der Waals surface area contributed by atoms with Crippen LogP contribution in [0, 0.1) is 0 Å². The number of guanidine groups is 1. The lowest BCUT2D eigenvalue weighted by molar-refractivity contribution is -0.142. The molecule has 4 atom stereocenters. The number of nitrogens with one attached hydrogen (secondary N) is 4. The molecular weight excluding hydrogens is 596 g/mol. The van der Waals surface area contributed by atoms with E-state index < -0.39 is 53.8 Å². The Balaban J connectivity index is 3.18. The molecule has 1 rings (SSSR count). The molecule has 15 nitrogen and oxygen atoms in total. The van der Waals surface area contributed by atoms with Crippen molar-refractivity contribution in [3.63, 3.8) is 0 Å². The van der Waals surface area contributed by atoms with Crippen LogP contribution in [0.15, 0.2) is 54.6 Å². The zero-order valence-electron chi connectivity index (χ0n) is 26.3. The molecule has 0 spiro atoms. The normalized spacial score (nSPS) is 13.1. The van der Waals surface area contributed by atoms with Gasteiger partial charge in [-0.15, -0.1) is 6.58 Å². The molecule has 0 aliphatic carbocycles. The second kappa shape index (κ2) is 21.7. The van der Waals surface area contributed by atoms with Gasteiger partial charge in [-0.3, -0.25) is 24.2 Å². The summed E-state index contributed by atoms with van der Waals surface area (Å²) in [5.74, 6) is -3.27. The summed E-state index contributed by atoms with van der Waals surface area (Å²) in [7, 11) is 0. The minimum absolute atomic E-state index is 0.0391. The summed E-state index contributed by atoms with van der Waals surface area (Å²) in [4.78, 5) is 67.7. The Labute approximate surface area is 269 Å². The molecule has 0 saturated carbocycles. The molecule has 4 amide bonds. The van der Waals surface area contributed by atoms with Crippen LogP contribution in [-0.4, -0.2) is 84.5 Å². The molecule has 46 heavy (non-hydrogen) atoms. The van der Waals surface area contributed by atoms with Gasteiger partial charge in [0, 0.05) is 19.9 Å². The van der Waals surface area contributed by atoms with E-state index in [0.717, 1.165) is 5.56 Å². The minimum atomic E-state index is -1.27. The van der Waals surface area contributed by atoms with Crippen LogP contribution in [0.4, 0.5) is 0 Å². The van der Waals surface area contributed by atoms with Crippen LogP contribution in [0.5, 0.6) is 5.75 Å². The summed E-state index contributed by atoms with van der Waals surface area (Å²) in [6.45, 7) is 9.25. The highest BCUT2D eigenvalue weighted by atomic mass is 16.5. The van der Waals surface area contributed by atoms with Crippen molar-refractivity contribution in [2.24, 2.45) is 22.2 Å². The Hall–Kier alpha value is -4.92. The van der Waals surface area contributed by atoms with Crippen LogP contribution in [0.3, 0.4) is 0 Å². The van der Waals surface area contributed by atoms with Gasteiger partial charge in [-0.05, 0) is 62.8 Å². The lowest BCUT2D eigenvalue weighted by atomic mass is 10.0. The Morgan fingerprint density at radius 2 is 1.41 bits per heavy atom. The molecule has 1 aromatic rings. The number of ether oxygens (including phenoxy) is 1. The van der Waals surface area contributed by atoms with Gasteiger partial charge in [0.2, 0.25) is 23.6 Å². The number of amides is 4. The fourth-order valence-electron chi connectivity index (χ4n) is 4.31. The summed E-state index contributed by atoms with van der Waals surface area (Å²) in [5, 5.41) is 19.9. The van der Waals surface area contributed by atoms with E-state index in [9.17, 15) is 29.1 Å². The number of carbonyl (C=O) groups is 5. The molecule has 11 N–H and O–H groups in total. The van der Waals surface area contributed by atoms with Crippen LogP contribution in [0.1, 0.15) is 51.0 Å². The number of aliphatic imine (C=N–C) groups is 1. The van der Waals surface area contributed by atoms with Crippen molar-refractivity contribution in [2.75, 3.05) is 19.7 Å². The molecule has 254 valence electrons. The first-order valence-electron chi connectivity index (χ1n) is 15.0. The van der Waals surface area contributed by atoms with Gasteiger partial charge in [0.1, 0.15) is 36.5 Å². The average molecular weight is 645 g/mol. The van der Waals surface area contributed by atoms with Gasteiger partial charge >= 0.3 is 5.97 Å². The van der Waals surface area contributed by atoms with E-state index in [2.05, 4.69) is 39.4 Å². The lowest BCUT2D eigenvalue weighted by Crippen LogP contribution is -2.58. The van der Waals surface area contributed by atoms with Crippen molar-refractivity contribution >= 4 is 35.6 Å². The molecule has 0 fully saturated rings. The number of carboxylic acids is 1. The van der Waals surface area contributed by atoms with E-state index in [1.807, 2.05) is 0 Å². The number of hydrogen-bond donors (Lipinski definition) is 8. The number of nitrogens with zero attached hydrogens (tertiary/aromatic N) is 1. The molecule has 0 radical (unpaired) electrons. The highest BCUT2D eigenvalue weighted by molar-refractivity contribution is 5.95. The Kier molecular flexibility index (Phi) is 18.5. The Morgan fingerprint density at radius 1 is 0.848 bits per heavy atom. The molecule has 1 aromatic carbocycles. The van der Waals surface area contributed by atoms with Crippen molar-refractivity contribution in [3.05, 3.63) is 55.1 Å². The summed E-state index contributed by atoms with van der Waals surface area (Å²) in [5.41, 5.74) is 17.1. The second-order valence-electron chi connectivity index (χ2n) is 10.5. The van der Waals surface area contributed by atoms with E-state index in [0.29, 0.717) is 31.7 Å². The first kappa shape index (κ1) is 39.1. The number of carboxylic acid groups (broad SMARTS) is 1. The van der Waals surface area contributed by atoms with Crippen LogP contribution in [0.2, 0.25) is 0 Å². The molecule has 0 aliphatic heterocycles. The number of unbranched alkanes of at least 4 members (excludes halogenated alkanes) is 1. The zero-order chi connectivity index (χ0) is 34.5. The van der Waals surface area contributed by atoms with Crippen molar-refractivity contribution < 1.29 is 33.8 Å². The fraction of sp³-hybridized carbons (Fsp3) is 0.484. The lowest BCUT2D eigenvalue weighted by Gasteiger charge is -2.26. The van der Waals surface area contributed by atoms with Gasteiger partial charge in [-0.1, -0.05) is 30.9 Å². The van der Waals surface area contributed by atoms with Crippen LogP contribution in [0.25, 0.3) is 0 Å². The first-order chi connectivity index (χ1) is 21.9. The van der Waals surface area contributed by atoms with Gasteiger partial charge in [-0.2, -0.15) is 0 Å².